The van der Waals surface area contributed by atoms with Gasteiger partial charge in [-0.25, -0.2) is 4.79 Å². The van der Waals surface area contributed by atoms with Crippen molar-refractivity contribution in [3.63, 3.8) is 0 Å². The van der Waals surface area contributed by atoms with Crippen LogP contribution < -0.4 is 10.1 Å². The summed E-state index contributed by atoms with van der Waals surface area (Å²) in [4.78, 5) is 22.1. The number of carbonyl (C=O) groups excluding carboxylic acids is 1. The molecule has 1 rings (SSSR count). The summed E-state index contributed by atoms with van der Waals surface area (Å²) in [6.45, 7) is 1.50. The largest absolute Gasteiger partial charge is 0.497 e. The van der Waals surface area contributed by atoms with Gasteiger partial charge in [-0.05, 0) is 19.1 Å². The summed E-state index contributed by atoms with van der Waals surface area (Å²) in [6.07, 6.45) is -1.22. The minimum Gasteiger partial charge on any atom is -0.497 e. The molecule has 0 aliphatic heterocycles. The van der Waals surface area contributed by atoms with Crippen LogP contribution in [0.3, 0.4) is 0 Å². The Morgan fingerprint density at radius 1 is 1.44 bits per heavy atom. The number of Topliss-reactive ketones (excluding diaryl/α,β-unsaturated/α-hetero) is 1. The third-order valence-corrected chi connectivity index (χ3v) is 2.09. The lowest BCUT2D eigenvalue weighted by atomic mass is 10.1. The highest BCUT2D eigenvalue weighted by molar-refractivity contribution is 6.01. The molecule has 1 aromatic rings. The zero-order chi connectivity index (χ0) is 12.1. The molecule has 5 heteroatoms. The zero-order valence-corrected chi connectivity index (χ0v) is 9.06. The van der Waals surface area contributed by atoms with Crippen LogP contribution in [0.15, 0.2) is 24.3 Å². The molecule has 0 saturated heterocycles. The van der Waals surface area contributed by atoms with Crippen LogP contribution in [0, 0.1) is 0 Å². The molecule has 0 saturated carbocycles. The molecule has 0 radical (unpaired) electrons. The molecular weight excluding hydrogens is 210 g/mol. The van der Waals surface area contributed by atoms with E-state index in [2.05, 4.69) is 5.32 Å². The number of benzene rings is 1. The Bertz CT molecular complexity index is 403. The van der Waals surface area contributed by atoms with Crippen molar-refractivity contribution < 1.29 is 19.4 Å². The molecule has 0 bridgehead atoms. The van der Waals surface area contributed by atoms with Gasteiger partial charge in [0.05, 0.1) is 13.2 Å². The second-order valence-electron chi connectivity index (χ2n) is 3.27. The van der Waals surface area contributed by atoms with Crippen LogP contribution in [-0.2, 0) is 0 Å². The van der Waals surface area contributed by atoms with Crippen LogP contribution >= 0.6 is 0 Å². The van der Waals surface area contributed by atoms with E-state index in [1.807, 2.05) is 0 Å². The smallest absolute Gasteiger partial charge is 0.405 e. The predicted molar refractivity (Wildman–Crippen MR) is 57.9 cm³/mol. The van der Waals surface area contributed by atoms with Crippen LogP contribution in [0.1, 0.15) is 17.3 Å². The van der Waals surface area contributed by atoms with E-state index in [1.165, 1.54) is 14.0 Å². The number of nitrogens with one attached hydrogen (secondary N) is 1. The lowest BCUT2D eigenvalue weighted by molar-refractivity contribution is 0.0945. The number of hydrogen-bond acceptors (Lipinski definition) is 3. The normalized spacial score (nSPS) is 11.6. The second kappa shape index (κ2) is 5.16. The van der Waals surface area contributed by atoms with E-state index in [1.54, 1.807) is 24.3 Å². The first kappa shape index (κ1) is 12.0. The van der Waals surface area contributed by atoms with Crippen molar-refractivity contribution in [1.82, 2.24) is 5.32 Å². The van der Waals surface area contributed by atoms with Gasteiger partial charge in [0.15, 0.2) is 5.78 Å². The summed E-state index contributed by atoms with van der Waals surface area (Å²) in [5.41, 5.74) is 0.417. The topological polar surface area (TPSA) is 75.6 Å². The summed E-state index contributed by atoms with van der Waals surface area (Å²) in [5.74, 6) is 0.273. The van der Waals surface area contributed by atoms with Crippen molar-refractivity contribution >= 4 is 11.9 Å². The molecule has 0 aliphatic carbocycles. The Kier molecular flexibility index (Phi) is 3.88. The average Bonchev–Trinajstić information content (AvgIpc) is 2.27. The number of carbonyl (C=O) groups is 2. The SMILES string of the molecule is COc1cccc(C(=O)C(C)NC(=O)O)c1. The van der Waals surface area contributed by atoms with Gasteiger partial charge in [0.2, 0.25) is 0 Å². The first-order valence-electron chi connectivity index (χ1n) is 4.72. The van der Waals surface area contributed by atoms with Gasteiger partial charge in [-0.2, -0.15) is 0 Å². The summed E-state index contributed by atoms with van der Waals surface area (Å²) < 4.78 is 4.98. The molecule has 5 nitrogen and oxygen atoms in total. The quantitative estimate of drug-likeness (QED) is 0.759. The van der Waals surface area contributed by atoms with E-state index >= 15 is 0 Å². The Hall–Kier alpha value is -2.04. The van der Waals surface area contributed by atoms with Crippen LogP contribution in [0.25, 0.3) is 0 Å². The van der Waals surface area contributed by atoms with E-state index in [-0.39, 0.29) is 5.78 Å². The third kappa shape index (κ3) is 2.98. The van der Waals surface area contributed by atoms with Gasteiger partial charge in [-0.1, -0.05) is 12.1 Å². The standard InChI is InChI=1S/C11H13NO4/c1-7(12-11(14)15)10(13)8-4-3-5-9(6-8)16-2/h3-7,12H,1-2H3,(H,14,15). The molecule has 1 atom stereocenters. The van der Waals surface area contributed by atoms with Crippen molar-refractivity contribution in [3.05, 3.63) is 29.8 Å². The number of rotatable bonds is 4. The van der Waals surface area contributed by atoms with Crippen molar-refractivity contribution in [2.24, 2.45) is 0 Å². The van der Waals surface area contributed by atoms with E-state index in [0.717, 1.165) is 0 Å². The van der Waals surface area contributed by atoms with Crippen molar-refractivity contribution in [3.8, 4) is 5.75 Å². The number of ether oxygens (including phenoxy) is 1. The molecule has 0 heterocycles. The Morgan fingerprint density at radius 2 is 2.12 bits per heavy atom. The van der Waals surface area contributed by atoms with E-state index < -0.39 is 12.1 Å². The third-order valence-electron chi connectivity index (χ3n) is 2.09. The molecule has 1 aromatic carbocycles. The molecule has 0 aliphatic rings. The number of ketones is 1. The van der Waals surface area contributed by atoms with Crippen LogP contribution in [0.2, 0.25) is 0 Å². The second-order valence-corrected chi connectivity index (χ2v) is 3.27. The molecule has 2 N–H and O–H groups in total. The van der Waals surface area contributed by atoms with Gasteiger partial charge in [0.25, 0.3) is 0 Å². The van der Waals surface area contributed by atoms with Crippen molar-refractivity contribution in [2.75, 3.05) is 7.11 Å². The van der Waals surface area contributed by atoms with Gasteiger partial charge in [0.1, 0.15) is 5.75 Å². The monoisotopic (exact) mass is 223 g/mol. The maximum atomic E-state index is 11.8. The molecule has 0 spiro atoms. The van der Waals surface area contributed by atoms with Crippen LogP contribution in [-0.4, -0.2) is 30.1 Å². The fourth-order valence-corrected chi connectivity index (χ4v) is 1.28. The highest BCUT2D eigenvalue weighted by atomic mass is 16.5. The zero-order valence-electron chi connectivity index (χ0n) is 9.06. The van der Waals surface area contributed by atoms with E-state index in [4.69, 9.17) is 9.84 Å². The lowest BCUT2D eigenvalue weighted by Gasteiger charge is -2.10. The van der Waals surface area contributed by atoms with E-state index in [0.29, 0.717) is 11.3 Å². The molecule has 0 aromatic heterocycles. The predicted octanol–water partition coefficient (Wildman–Crippen LogP) is 1.53. The fourth-order valence-electron chi connectivity index (χ4n) is 1.28. The number of methoxy groups -OCH3 is 1. The number of hydrogen-bond donors (Lipinski definition) is 2. The fraction of sp³-hybridized carbons (Fsp3) is 0.273. The van der Waals surface area contributed by atoms with Crippen LogP contribution in [0.4, 0.5) is 4.79 Å². The number of carboxylic acid groups (broad SMARTS) is 1. The van der Waals surface area contributed by atoms with Gasteiger partial charge < -0.3 is 15.2 Å². The van der Waals surface area contributed by atoms with E-state index in [9.17, 15) is 9.59 Å². The average molecular weight is 223 g/mol. The highest BCUT2D eigenvalue weighted by Gasteiger charge is 2.17. The first-order valence-corrected chi connectivity index (χ1v) is 4.72. The molecule has 16 heavy (non-hydrogen) atoms. The molecule has 86 valence electrons. The Balaban J connectivity index is 2.83. The minimum absolute atomic E-state index is 0.290. The summed E-state index contributed by atoms with van der Waals surface area (Å²) in [6, 6.07) is 5.81. The Morgan fingerprint density at radius 3 is 2.69 bits per heavy atom. The molecular formula is C11H13NO4. The summed E-state index contributed by atoms with van der Waals surface area (Å²) >= 11 is 0. The van der Waals surface area contributed by atoms with Gasteiger partial charge in [-0.3, -0.25) is 4.79 Å². The van der Waals surface area contributed by atoms with Gasteiger partial charge in [-0.15, -0.1) is 0 Å². The van der Waals surface area contributed by atoms with Gasteiger partial charge in [0, 0.05) is 5.56 Å². The number of amides is 1. The van der Waals surface area contributed by atoms with Crippen molar-refractivity contribution in [1.29, 1.82) is 0 Å². The summed E-state index contributed by atoms with van der Waals surface area (Å²) in [7, 11) is 1.50. The highest BCUT2D eigenvalue weighted by Crippen LogP contribution is 2.14. The minimum atomic E-state index is -1.22. The maximum absolute atomic E-state index is 11.8. The van der Waals surface area contributed by atoms with Gasteiger partial charge >= 0.3 is 6.09 Å². The summed E-state index contributed by atoms with van der Waals surface area (Å²) in [5, 5.41) is 10.6. The maximum Gasteiger partial charge on any atom is 0.405 e. The first-order chi connectivity index (χ1) is 7.54. The lowest BCUT2D eigenvalue weighted by Crippen LogP contribution is -2.37. The molecule has 1 amide bonds. The molecule has 1 unspecified atom stereocenters. The molecule has 0 fully saturated rings. The Labute approximate surface area is 93.0 Å². The van der Waals surface area contributed by atoms with Crippen LogP contribution in [0.5, 0.6) is 5.75 Å². The van der Waals surface area contributed by atoms with Crippen molar-refractivity contribution in [2.45, 2.75) is 13.0 Å².